The SMILES string of the molecule is NCC1(C(=O)Nc2c(Cl)ccc3nsnc23)CCCCC1. The number of carbonyl (C=O) groups is 1. The Bertz CT molecular complexity index is 666. The highest BCUT2D eigenvalue weighted by Crippen LogP contribution is 2.38. The van der Waals surface area contributed by atoms with Crippen molar-refractivity contribution >= 4 is 46.0 Å². The Kier molecular flexibility index (Phi) is 4.10. The van der Waals surface area contributed by atoms with Gasteiger partial charge in [-0.2, -0.15) is 8.75 Å². The van der Waals surface area contributed by atoms with Gasteiger partial charge >= 0.3 is 0 Å². The number of carbonyl (C=O) groups excluding carboxylic acids is 1. The standard InChI is InChI=1S/C14H17ClN4OS/c15-9-4-5-10-12(19-21-18-10)11(9)17-13(20)14(8-16)6-2-1-3-7-14/h4-5H,1-3,6-8,16H2,(H,17,20). The van der Waals surface area contributed by atoms with Crippen molar-refractivity contribution in [1.82, 2.24) is 8.75 Å². The third kappa shape index (κ3) is 2.63. The van der Waals surface area contributed by atoms with Crippen molar-refractivity contribution in [2.24, 2.45) is 11.1 Å². The quantitative estimate of drug-likeness (QED) is 0.908. The van der Waals surface area contributed by atoms with E-state index in [1.54, 1.807) is 12.1 Å². The van der Waals surface area contributed by atoms with Crippen LogP contribution < -0.4 is 11.1 Å². The molecular formula is C14H17ClN4OS. The number of benzene rings is 1. The van der Waals surface area contributed by atoms with Crippen molar-refractivity contribution in [3.8, 4) is 0 Å². The summed E-state index contributed by atoms with van der Waals surface area (Å²) in [7, 11) is 0. The first-order valence-electron chi connectivity index (χ1n) is 7.09. The minimum Gasteiger partial charge on any atom is -0.329 e. The van der Waals surface area contributed by atoms with Gasteiger partial charge in [-0.3, -0.25) is 4.79 Å². The summed E-state index contributed by atoms with van der Waals surface area (Å²) in [5.74, 6) is -0.0490. The fourth-order valence-electron chi connectivity index (χ4n) is 2.94. The normalized spacial score (nSPS) is 17.8. The predicted molar refractivity (Wildman–Crippen MR) is 85.6 cm³/mol. The molecule has 2 aromatic rings. The first-order valence-corrected chi connectivity index (χ1v) is 8.19. The molecule has 1 aliphatic rings. The molecule has 1 fully saturated rings. The maximum atomic E-state index is 12.7. The van der Waals surface area contributed by atoms with E-state index in [0.717, 1.165) is 42.9 Å². The molecule has 1 aromatic carbocycles. The highest BCUT2D eigenvalue weighted by molar-refractivity contribution is 7.00. The van der Waals surface area contributed by atoms with Gasteiger partial charge in [0.1, 0.15) is 11.0 Å². The number of hydrogen-bond donors (Lipinski definition) is 2. The summed E-state index contributed by atoms with van der Waals surface area (Å²) >= 11 is 7.33. The second-order valence-corrected chi connectivity index (χ2v) is 6.49. The number of nitrogens with two attached hydrogens (primary N) is 1. The molecule has 1 saturated carbocycles. The van der Waals surface area contributed by atoms with E-state index in [1.165, 1.54) is 6.42 Å². The number of aromatic nitrogens is 2. The lowest BCUT2D eigenvalue weighted by atomic mass is 9.73. The van der Waals surface area contributed by atoms with Gasteiger partial charge < -0.3 is 11.1 Å². The largest absolute Gasteiger partial charge is 0.329 e. The topological polar surface area (TPSA) is 80.9 Å². The van der Waals surface area contributed by atoms with E-state index in [0.29, 0.717) is 22.8 Å². The lowest BCUT2D eigenvalue weighted by Crippen LogP contribution is -2.43. The average Bonchev–Trinajstić information content (AvgIpc) is 2.99. The highest BCUT2D eigenvalue weighted by Gasteiger charge is 2.38. The van der Waals surface area contributed by atoms with Crippen LogP contribution in [-0.4, -0.2) is 21.2 Å². The number of anilines is 1. The lowest BCUT2D eigenvalue weighted by Gasteiger charge is -2.34. The Balaban J connectivity index is 1.92. The van der Waals surface area contributed by atoms with Gasteiger partial charge in [-0.1, -0.05) is 30.9 Å². The Hall–Kier alpha value is -1.24. The van der Waals surface area contributed by atoms with Crippen LogP contribution in [-0.2, 0) is 4.79 Å². The monoisotopic (exact) mass is 324 g/mol. The predicted octanol–water partition coefficient (Wildman–Crippen LogP) is 3.19. The van der Waals surface area contributed by atoms with Gasteiger partial charge in [-0.25, -0.2) is 0 Å². The zero-order valence-electron chi connectivity index (χ0n) is 11.6. The fourth-order valence-corrected chi connectivity index (χ4v) is 3.69. The summed E-state index contributed by atoms with van der Waals surface area (Å²) in [6.45, 7) is 0.363. The molecule has 0 radical (unpaired) electrons. The van der Waals surface area contributed by atoms with Crippen LogP contribution in [0.4, 0.5) is 5.69 Å². The van der Waals surface area contributed by atoms with Crippen LogP contribution in [0.25, 0.3) is 11.0 Å². The molecule has 0 bridgehead atoms. The second-order valence-electron chi connectivity index (χ2n) is 5.55. The Labute approximate surface area is 132 Å². The van der Waals surface area contributed by atoms with Crippen molar-refractivity contribution < 1.29 is 4.79 Å². The van der Waals surface area contributed by atoms with Crippen LogP contribution in [0.2, 0.25) is 5.02 Å². The van der Waals surface area contributed by atoms with Crippen molar-refractivity contribution in [2.75, 3.05) is 11.9 Å². The number of halogens is 1. The van der Waals surface area contributed by atoms with E-state index < -0.39 is 5.41 Å². The molecule has 3 rings (SSSR count). The molecule has 1 aliphatic carbocycles. The van der Waals surface area contributed by atoms with E-state index in [2.05, 4.69) is 14.1 Å². The van der Waals surface area contributed by atoms with Crippen LogP contribution >= 0.6 is 23.3 Å². The van der Waals surface area contributed by atoms with Crippen LogP contribution in [0, 0.1) is 5.41 Å². The van der Waals surface area contributed by atoms with Crippen LogP contribution in [0.15, 0.2) is 12.1 Å². The number of rotatable bonds is 3. The molecule has 0 atom stereocenters. The second kappa shape index (κ2) is 5.87. The van der Waals surface area contributed by atoms with Crippen molar-refractivity contribution in [3.63, 3.8) is 0 Å². The lowest BCUT2D eigenvalue weighted by molar-refractivity contribution is -0.126. The molecule has 7 heteroatoms. The number of hydrogen-bond acceptors (Lipinski definition) is 5. The summed E-state index contributed by atoms with van der Waals surface area (Å²) in [5.41, 5.74) is 7.36. The molecule has 112 valence electrons. The zero-order chi connectivity index (χ0) is 14.9. The summed E-state index contributed by atoms with van der Waals surface area (Å²) in [4.78, 5) is 12.7. The molecule has 1 heterocycles. The summed E-state index contributed by atoms with van der Waals surface area (Å²) in [6, 6.07) is 3.53. The van der Waals surface area contributed by atoms with Crippen molar-refractivity contribution in [1.29, 1.82) is 0 Å². The molecule has 5 nitrogen and oxygen atoms in total. The smallest absolute Gasteiger partial charge is 0.231 e. The van der Waals surface area contributed by atoms with E-state index in [4.69, 9.17) is 17.3 Å². The van der Waals surface area contributed by atoms with Crippen molar-refractivity contribution in [3.05, 3.63) is 17.2 Å². The number of nitrogens with zero attached hydrogens (tertiary/aromatic N) is 2. The van der Waals surface area contributed by atoms with E-state index in [-0.39, 0.29) is 5.91 Å². The zero-order valence-corrected chi connectivity index (χ0v) is 13.1. The molecule has 21 heavy (non-hydrogen) atoms. The number of nitrogens with one attached hydrogen (secondary N) is 1. The molecule has 0 saturated heterocycles. The van der Waals surface area contributed by atoms with E-state index in [1.807, 2.05) is 0 Å². The highest BCUT2D eigenvalue weighted by atomic mass is 35.5. The molecule has 0 unspecified atom stereocenters. The van der Waals surface area contributed by atoms with Gasteiger partial charge in [0.05, 0.1) is 27.9 Å². The van der Waals surface area contributed by atoms with E-state index >= 15 is 0 Å². The Morgan fingerprint density at radius 3 is 2.81 bits per heavy atom. The van der Waals surface area contributed by atoms with Gasteiger partial charge in [-0.15, -0.1) is 0 Å². The average molecular weight is 325 g/mol. The minimum atomic E-state index is -0.479. The van der Waals surface area contributed by atoms with Gasteiger partial charge in [0.25, 0.3) is 0 Å². The maximum absolute atomic E-state index is 12.7. The minimum absolute atomic E-state index is 0.0490. The fraction of sp³-hybridized carbons (Fsp3) is 0.500. The van der Waals surface area contributed by atoms with Crippen LogP contribution in [0.5, 0.6) is 0 Å². The third-order valence-corrected chi connectivity index (χ3v) is 5.16. The van der Waals surface area contributed by atoms with Gasteiger partial charge in [0, 0.05) is 6.54 Å². The number of fused-ring (bicyclic) bond motifs is 1. The third-order valence-electron chi connectivity index (χ3n) is 4.30. The van der Waals surface area contributed by atoms with Crippen molar-refractivity contribution in [2.45, 2.75) is 32.1 Å². The van der Waals surface area contributed by atoms with Gasteiger partial charge in [0.15, 0.2) is 0 Å². The molecule has 0 spiro atoms. The molecular weight excluding hydrogens is 308 g/mol. The maximum Gasteiger partial charge on any atom is 0.231 e. The van der Waals surface area contributed by atoms with E-state index in [9.17, 15) is 4.79 Å². The van der Waals surface area contributed by atoms with Gasteiger partial charge in [0.2, 0.25) is 5.91 Å². The van der Waals surface area contributed by atoms with Gasteiger partial charge in [-0.05, 0) is 25.0 Å². The molecule has 1 amide bonds. The summed E-state index contributed by atoms with van der Waals surface area (Å²) < 4.78 is 8.40. The Morgan fingerprint density at radius 2 is 2.10 bits per heavy atom. The number of amides is 1. The first kappa shape index (κ1) is 14.7. The summed E-state index contributed by atoms with van der Waals surface area (Å²) in [5, 5.41) is 3.43. The molecule has 1 aromatic heterocycles. The summed E-state index contributed by atoms with van der Waals surface area (Å²) in [6.07, 6.45) is 4.92. The first-order chi connectivity index (χ1) is 10.2. The molecule has 3 N–H and O–H groups in total. The van der Waals surface area contributed by atoms with Crippen LogP contribution in [0.3, 0.4) is 0 Å². The van der Waals surface area contributed by atoms with Crippen LogP contribution in [0.1, 0.15) is 32.1 Å². The Morgan fingerprint density at radius 1 is 1.33 bits per heavy atom. The molecule has 0 aliphatic heterocycles.